The first kappa shape index (κ1) is 15.2. The number of phenolic OH excluding ortho intramolecular Hbond substituents is 1. The van der Waals surface area contributed by atoms with Crippen molar-refractivity contribution in [2.45, 2.75) is 6.54 Å². The topological polar surface area (TPSA) is 95.0 Å². The smallest absolute Gasteiger partial charge is 0.273 e. The zero-order valence-corrected chi connectivity index (χ0v) is 12.6. The van der Waals surface area contributed by atoms with E-state index in [1.54, 1.807) is 42.5 Å². The number of benzene rings is 2. The summed E-state index contributed by atoms with van der Waals surface area (Å²) < 4.78 is 1.48. The van der Waals surface area contributed by atoms with E-state index in [1.807, 2.05) is 6.07 Å². The van der Waals surface area contributed by atoms with Crippen molar-refractivity contribution >= 4 is 5.91 Å². The van der Waals surface area contributed by atoms with Crippen molar-refractivity contribution in [1.82, 2.24) is 14.9 Å². The SMILES string of the molecule is N#Cc1cccc(C(=O)N(Cc2ccc(O)cc2)n2cnnc2)c1. The van der Waals surface area contributed by atoms with Gasteiger partial charge in [0.05, 0.1) is 18.2 Å². The number of nitriles is 1. The Hall–Kier alpha value is -3.66. The molecule has 3 rings (SSSR count). The average Bonchev–Trinajstić information content (AvgIpc) is 3.15. The molecule has 1 N–H and O–H groups in total. The standard InChI is InChI=1S/C17H13N5O2/c18-9-14-2-1-3-15(8-14)17(24)22(21-11-19-20-12-21)10-13-4-6-16(23)7-5-13/h1-8,11-12,23H,10H2. The van der Waals surface area contributed by atoms with E-state index in [4.69, 9.17) is 5.26 Å². The zero-order valence-electron chi connectivity index (χ0n) is 12.6. The maximum atomic E-state index is 12.9. The molecule has 0 spiro atoms. The van der Waals surface area contributed by atoms with E-state index in [0.717, 1.165) is 5.56 Å². The van der Waals surface area contributed by atoms with Gasteiger partial charge in [-0.2, -0.15) is 5.26 Å². The third-order valence-corrected chi connectivity index (χ3v) is 3.43. The van der Waals surface area contributed by atoms with E-state index in [0.29, 0.717) is 11.1 Å². The van der Waals surface area contributed by atoms with Crippen LogP contribution in [0, 0.1) is 11.3 Å². The number of aromatic hydroxyl groups is 1. The van der Waals surface area contributed by atoms with Gasteiger partial charge in [0.1, 0.15) is 18.4 Å². The van der Waals surface area contributed by atoms with Gasteiger partial charge in [-0.05, 0) is 35.9 Å². The number of carbonyl (C=O) groups is 1. The van der Waals surface area contributed by atoms with Crippen LogP contribution in [0.3, 0.4) is 0 Å². The molecule has 0 aliphatic heterocycles. The number of hydrogen-bond donors (Lipinski definition) is 1. The Morgan fingerprint density at radius 3 is 2.54 bits per heavy atom. The number of phenols is 1. The van der Waals surface area contributed by atoms with Crippen molar-refractivity contribution in [3.8, 4) is 11.8 Å². The Balaban J connectivity index is 1.94. The van der Waals surface area contributed by atoms with Crippen LogP contribution in [-0.4, -0.2) is 25.9 Å². The highest BCUT2D eigenvalue weighted by molar-refractivity contribution is 6.01. The molecule has 0 bridgehead atoms. The predicted octanol–water partition coefficient (Wildman–Crippen LogP) is 1.83. The number of aromatic nitrogens is 3. The molecule has 0 atom stereocenters. The summed E-state index contributed by atoms with van der Waals surface area (Å²) >= 11 is 0. The summed E-state index contributed by atoms with van der Waals surface area (Å²) in [6.07, 6.45) is 2.85. The van der Waals surface area contributed by atoms with Gasteiger partial charge < -0.3 is 5.11 Å². The molecule has 0 unspecified atom stereocenters. The third-order valence-electron chi connectivity index (χ3n) is 3.43. The third kappa shape index (κ3) is 3.23. The summed E-state index contributed by atoms with van der Waals surface area (Å²) in [6, 6.07) is 15.1. The van der Waals surface area contributed by atoms with Gasteiger partial charge in [-0.15, -0.1) is 10.2 Å². The van der Waals surface area contributed by atoms with E-state index in [9.17, 15) is 9.90 Å². The lowest BCUT2D eigenvalue weighted by atomic mass is 10.1. The molecule has 0 saturated heterocycles. The second-order valence-electron chi connectivity index (χ2n) is 5.06. The lowest BCUT2D eigenvalue weighted by Crippen LogP contribution is -2.39. The number of hydrogen-bond acceptors (Lipinski definition) is 5. The first-order valence-corrected chi connectivity index (χ1v) is 7.12. The van der Waals surface area contributed by atoms with E-state index in [2.05, 4.69) is 10.2 Å². The highest BCUT2D eigenvalue weighted by atomic mass is 16.3. The molecule has 0 fully saturated rings. The van der Waals surface area contributed by atoms with E-state index in [-0.39, 0.29) is 18.2 Å². The lowest BCUT2D eigenvalue weighted by molar-refractivity contribution is 0.0955. The maximum Gasteiger partial charge on any atom is 0.273 e. The summed E-state index contributed by atoms with van der Waals surface area (Å²) in [5, 5.41) is 27.3. The minimum atomic E-state index is -0.292. The molecule has 0 saturated carbocycles. The molecular weight excluding hydrogens is 306 g/mol. The van der Waals surface area contributed by atoms with E-state index in [1.165, 1.54) is 28.4 Å². The summed E-state index contributed by atoms with van der Waals surface area (Å²) in [5.74, 6) is -0.136. The molecule has 3 aromatic rings. The van der Waals surface area contributed by atoms with Crippen molar-refractivity contribution in [2.75, 3.05) is 5.01 Å². The molecule has 1 aromatic heterocycles. The molecule has 1 heterocycles. The van der Waals surface area contributed by atoms with Crippen LogP contribution in [-0.2, 0) is 6.54 Å². The van der Waals surface area contributed by atoms with Crippen LogP contribution in [0.5, 0.6) is 5.75 Å². The molecule has 0 aliphatic rings. The van der Waals surface area contributed by atoms with Gasteiger partial charge in [0.2, 0.25) is 0 Å². The molecule has 0 radical (unpaired) electrons. The zero-order chi connectivity index (χ0) is 16.9. The van der Waals surface area contributed by atoms with Gasteiger partial charge in [-0.25, -0.2) is 9.69 Å². The van der Waals surface area contributed by atoms with Crippen molar-refractivity contribution < 1.29 is 9.90 Å². The molecule has 7 nitrogen and oxygen atoms in total. The van der Waals surface area contributed by atoms with Crippen LogP contribution in [0.1, 0.15) is 21.5 Å². The molecule has 1 amide bonds. The number of rotatable bonds is 4. The number of amides is 1. The fraction of sp³-hybridized carbons (Fsp3) is 0.0588. The van der Waals surface area contributed by atoms with Gasteiger partial charge in [0, 0.05) is 5.56 Å². The number of nitrogens with zero attached hydrogens (tertiary/aromatic N) is 5. The van der Waals surface area contributed by atoms with Crippen molar-refractivity contribution in [3.05, 3.63) is 77.9 Å². The van der Waals surface area contributed by atoms with Crippen LogP contribution >= 0.6 is 0 Å². The fourth-order valence-corrected chi connectivity index (χ4v) is 2.22. The van der Waals surface area contributed by atoms with Crippen LogP contribution in [0.15, 0.2) is 61.2 Å². The highest BCUT2D eigenvalue weighted by Crippen LogP contribution is 2.14. The summed E-state index contributed by atoms with van der Waals surface area (Å²) in [6.45, 7) is 0.258. The average molecular weight is 319 g/mol. The summed E-state index contributed by atoms with van der Waals surface area (Å²) in [4.78, 5) is 12.9. The van der Waals surface area contributed by atoms with Crippen molar-refractivity contribution in [3.63, 3.8) is 0 Å². The van der Waals surface area contributed by atoms with Gasteiger partial charge in [-0.1, -0.05) is 18.2 Å². The lowest BCUT2D eigenvalue weighted by Gasteiger charge is -2.23. The molecular formula is C17H13N5O2. The van der Waals surface area contributed by atoms with E-state index < -0.39 is 0 Å². The molecule has 0 aliphatic carbocycles. The van der Waals surface area contributed by atoms with Gasteiger partial charge >= 0.3 is 0 Å². The van der Waals surface area contributed by atoms with Crippen LogP contribution in [0.2, 0.25) is 0 Å². The minimum absolute atomic E-state index is 0.155. The van der Waals surface area contributed by atoms with Gasteiger partial charge in [0.25, 0.3) is 5.91 Å². The molecule has 2 aromatic carbocycles. The Labute approximate surface area is 138 Å². The first-order valence-electron chi connectivity index (χ1n) is 7.12. The minimum Gasteiger partial charge on any atom is -0.508 e. The van der Waals surface area contributed by atoms with Crippen LogP contribution in [0.4, 0.5) is 0 Å². The molecule has 24 heavy (non-hydrogen) atoms. The second-order valence-corrected chi connectivity index (χ2v) is 5.06. The van der Waals surface area contributed by atoms with E-state index >= 15 is 0 Å². The first-order chi connectivity index (χ1) is 11.7. The monoisotopic (exact) mass is 319 g/mol. The quantitative estimate of drug-likeness (QED) is 0.791. The van der Waals surface area contributed by atoms with Crippen molar-refractivity contribution in [1.29, 1.82) is 5.26 Å². The molecule has 118 valence electrons. The number of carbonyl (C=O) groups excluding carboxylic acids is 1. The Morgan fingerprint density at radius 2 is 1.88 bits per heavy atom. The van der Waals surface area contributed by atoms with Crippen LogP contribution < -0.4 is 5.01 Å². The fourth-order valence-electron chi connectivity index (χ4n) is 2.22. The molecule has 7 heteroatoms. The van der Waals surface area contributed by atoms with Crippen LogP contribution in [0.25, 0.3) is 0 Å². The Kier molecular flexibility index (Phi) is 4.21. The van der Waals surface area contributed by atoms with Crippen molar-refractivity contribution in [2.24, 2.45) is 0 Å². The normalized spacial score (nSPS) is 10.1. The maximum absolute atomic E-state index is 12.9. The van der Waals surface area contributed by atoms with Gasteiger partial charge in [-0.3, -0.25) is 4.79 Å². The van der Waals surface area contributed by atoms with Gasteiger partial charge in [0.15, 0.2) is 0 Å². The second kappa shape index (κ2) is 6.62. The largest absolute Gasteiger partial charge is 0.508 e. The summed E-state index contributed by atoms with van der Waals surface area (Å²) in [7, 11) is 0. The Morgan fingerprint density at radius 1 is 1.17 bits per heavy atom. The Bertz CT molecular complexity index is 882. The highest BCUT2D eigenvalue weighted by Gasteiger charge is 2.18. The summed E-state index contributed by atoms with van der Waals surface area (Å²) in [5.41, 5.74) is 1.63. The predicted molar refractivity (Wildman–Crippen MR) is 85.5 cm³/mol.